The van der Waals surface area contributed by atoms with Crippen molar-refractivity contribution in [2.45, 2.75) is 20.0 Å². The third-order valence-corrected chi connectivity index (χ3v) is 4.22. The summed E-state index contributed by atoms with van der Waals surface area (Å²) in [6, 6.07) is 6.04. The molecule has 2 aromatic rings. The van der Waals surface area contributed by atoms with Gasteiger partial charge >= 0.3 is 0 Å². The molecule has 0 fully saturated rings. The number of hydrogen-bond acceptors (Lipinski definition) is 3. The molecule has 0 radical (unpaired) electrons. The second kappa shape index (κ2) is 4.96. The zero-order valence-corrected chi connectivity index (χ0v) is 10.8. The van der Waals surface area contributed by atoms with Crippen LogP contribution in [0.3, 0.4) is 0 Å². The highest BCUT2D eigenvalue weighted by Gasteiger charge is 2.02. The van der Waals surface area contributed by atoms with Crippen LogP contribution in [0.25, 0.3) is 0 Å². The van der Waals surface area contributed by atoms with Crippen molar-refractivity contribution in [3.63, 3.8) is 0 Å². The minimum absolute atomic E-state index is 0.779. The number of aryl methyl sites for hydroxylation is 1. The van der Waals surface area contributed by atoms with Crippen molar-refractivity contribution in [1.82, 2.24) is 5.32 Å². The summed E-state index contributed by atoms with van der Waals surface area (Å²) in [4.78, 5) is 2.66. The first kappa shape index (κ1) is 10.9. The van der Waals surface area contributed by atoms with Crippen LogP contribution in [0, 0.1) is 6.92 Å². The van der Waals surface area contributed by atoms with Gasteiger partial charge in [-0.25, -0.2) is 0 Å². The monoisotopic (exact) mass is 285 g/mol. The van der Waals surface area contributed by atoms with E-state index in [0.717, 1.165) is 18.8 Å². The minimum Gasteiger partial charge on any atom is -0.468 e. The molecule has 0 bridgehead atoms. The van der Waals surface area contributed by atoms with Gasteiger partial charge in [-0.05, 0) is 41.1 Å². The second-order valence-electron chi connectivity index (χ2n) is 3.30. The van der Waals surface area contributed by atoms with E-state index in [1.807, 2.05) is 23.5 Å². The third kappa shape index (κ3) is 2.93. The van der Waals surface area contributed by atoms with Gasteiger partial charge in [-0.15, -0.1) is 11.3 Å². The Balaban J connectivity index is 1.83. The van der Waals surface area contributed by atoms with Gasteiger partial charge in [0.2, 0.25) is 0 Å². The number of nitrogens with one attached hydrogen (secondary N) is 1. The van der Waals surface area contributed by atoms with E-state index in [0.29, 0.717) is 0 Å². The lowest BCUT2D eigenvalue weighted by Crippen LogP contribution is -2.10. The molecule has 0 aliphatic heterocycles. The van der Waals surface area contributed by atoms with Gasteiger partial charge in [-0.2, -0.15) is 0 Å². The molecule has 15 heavy (non-hydrogen) atoms. The van der Waals surface area contributed by atoms with Crippen LogP contribution in [-0.2, 0) is 13.1 Å². The van der Waals surface area contributed by atoms with E-state index in [-0.39, 0.29) is 0 Å². The molecule has 0 saturated heterocycles. The van der Waals surface area contributed by atoms with Crippen molar-refractivity contribution < 1.29 is 4.42 Å². The Hall–Kier alpha value is -0.580. The summed E-state index contributed by atoms with van der Waals surface area (Å²) < 4.78 is 6.43. The molecule has 0 unspecified atom stereocenters. The number of hydrogen-bond donors (Lipinski definition) is 1. The van der Waals surface area contributed by atoms with E-state index in [1.165, 1.54) is 14.2 Å². The van der Waals surface area contributed by atoms with Crippen molar-refractivity contribution >= 4 is 27.3 Å². The molecule has 0 aromatic carbocycles. The quantitative estimate of drug-likeness (QED) is 0.927. The van der Waals surface area contributed by atoms with Crippen LogP contribution in [0.4, 0.5) is 0 Å². The summed E-state index contributed by atoms with van der Waals surface area (Å²) in [5.41, 5.74) is 0. The highest BCUT2D eigenvalue weighted by molar-refractivity contribution is 9.10. The zero-order valence-electron chi connectivity index (χ0n) is 8.42. The van der Waals surface area contributed by atoms with Crippen LogP contribution >= 0.6 is 27.3 Å². The van der Waals surface area contributed by atoms with Crippen molar-refractivity contribution in [1.29, 1.82) is 0 Å². The molecule has 1 N–H and O–H groups in total. The molecule has 0 aliphatic carbocycles. The molecule has 0 aliphatic rings. The molecular formula is C11H12BrNOS. The third-order valence-electron chi connectivity index (χ3n) is 2.09. The molecule has 4 heteroatoms. The van der Waals surface area contributed by atoms with E-state index in [9.17, 15) is 0 Å². The van der Waals surface area contributed by atoms with Gasteiger partial charge in [0.1, 0.15) is 5.76 Å². The van der Waals surface area contributed by atoms with Crippen LogP contribution in [0.2, 0.25) is 0 Å². The van der Waals surface area contributed by atoms with Crippen LogP contribution in [-0.4, -0.2) is 0 Å². The zero-order chi connectivity index (χ0) is 10.7. The maximum atomic E-state index is 5.23. The van der Waals surface area contributed by atoms with Crippen LogP contribution in [0.1, 0.15) is 15.5 Å². The molecule has 2 nitrogen and oxygen atoms in total. The number of thiophene rings is 1. The highest BCUT2D eigenvalue weighted by Crippen LogP contribution is 2.26. The SMILES string of the molecule is Cc1sc(CNCc2ccco2)cc1Br. The summed E-state index contributed by atoms with van der Waals surface area (Å²) in [7, 11) is 0. The topological polar surface area (TPSA) is 25.2 Å². The first-order chi connectivity index (χ1) is 7.25. The van der Waals surface area contributed by atoms with E-state index in [1.54, 1.807) is 6.26 Å². The first-order valence-electron chi connectivity index (χ1n) is 4.73. The summed E-state index contributed by atoms with van der Waals surface area (Å²) in [5.74, 6) is 0.974. The van der Waals surface area contributed by atoms with Crippen molar-refractivity contribution in [3.05, 3.63) is 44.4 Å². The van der Waals surface area contributed by atoms with Gasteiger partial charge in [0.25, 0.3) is 0 Å². The summed E-state index contributed by atoms with van der Waals surface area (Å²) >= 11 is 5.32. The average molecular weight is 286 g/mol. The van der Waals surface area contributed by atoms with Crippen molar-refractivity contribution in [3.8, 4) is 0 Å². The van der Waals surface area contributed by atoms with Gasteiger partial charge in [0.15, 0.2) is 0 Å². The lowest BCUT2D eigenvalue weighted by atomic mass is 10.4. The van der Waals surface area contributed by atoms with Gasteiger partial charge in [-0.3, -0.25) is 0 Å². The maximum Gasteiger partial charge on any atom is 0.117 e. The number of furan rings is 1. The minimum atomic E-state index is 0.779. The molecule has 80 valence electrons. The summed E-state index contributed by atoms with van der Waals surface area (Å²) in [5, 5.41) is 3.34. The largest absolute Gasteiger partial charge is 0.468 e. The predicted octanol–water partition coefficient (Wildman–Crippen LogP) is 3.70. The van der Waals surface area contributed by atoms with E-state index < -0.39 is 0 Å². The Morgan fingerprint density at radius 2 is 2.33 bits per heavy atom. The molecule has 0 saturated carbocycles. The number of halogens is 1. The summed E-state index contributed by atoms with van der Waals surface area (Å²) in [6.07, 6.45) is 1.70. The molecular weight excluding hydrogens is 274 g/mol. The Morgan fingerprint density at radius 3 is 2.93 bits per heavy atom. The van der Waals surface area contributed by atoms with Gasteiger partial charge < -0.3 is 9.73 Å². The van der Waals surface area contributed by atoms with Crippen LogP contribution in [0.5, 0.6) is 0 Å². The normalized spacial score (nSPS) is 10.8. The second-order valence-corrected chi connectivity index (χ2v) is 5.49. The smallest absolute Gasteiger partial charge is 0.117 e. The van der Waals surface area contributed by atoms with Gasteiger partial charge in [0, 0.05) is 20.8 Å². The Labute approximate surface area is 101 Å². The van der Waals surface area contributed by atoms with E-state index >= 15 is 0 Å². The van der Waals surface area contributed by atoms with Gasteiger partial charge in [0.05, 0.1) is 12.8 Å². The molecule has 2 aromatic heterocycles. The van der Waals surface area contributed by atoms with E-state index in [2.05, 4.69) is 34.2 Å². The highest BCUT2D eigenvalue weighted by atomic mass is 79.9. The van der Waals surface area contributed by atoms with Gasteiger partial charge in [-0.1, -0.05) is 0 Å². The molecule has 0 atom stereocenters. The fourth-order valence-electron chi connectivity index (χ4n) is 1.33. The predicted molar refractivity (Wildman–Crippen MR) is 66.0 cm³/mol. The molecule has 2 heterocycles. The lowest BCUT2D eigenvalue weighted by molar-refractivity contribution is 0.483. The molecule has 0 spiro atoms. The van der Waals surface area contributed by atoms with Crippen molar-refractivity contribution in [2.75, 3.05) is 0 Å². The van der Waals surface area contributed by atoms with Crippen LogP contribution in [0.15, 0.2) is 33.4 Å². The fraction of sp³-hybridized carbons (Fsp3) is 0.273. The van der Waals surface area contributed by atoms with Crippen LogP contribution < -0.4 is 5.32 Å². The standard InChI is InChI=1S/C11H12BrNOS/c1-8-11(12)5-10(15-8)7-13-6-9-3-2-4-14-9/h2-5,13H,6-7H2,1H3. The molecule has 2 rings (SSSR count). The fourth-order valence-corrected chi connectivity index (χ4v) is 2.90. The Kier molecular flexibility index (Phi) is 3.61. The first-order valence-corrected chi connectivity index (χ1v) is 6.34. The Bertz CT molecular complexity index is 402. The molecule has 0 amide bonds. The Morgan fingerprint density at radius 1 is 1.47 bits per heavy atom. The van der Waals surface area contributed by atoms with E-state index in [4.69, 9.17) is 4.42 Å². The number of rotatable bonds is 4. The average Bonchev–Trinajstić information content (AvgIpc) is 2.79. The summed E-state index contributed by atoms with van der Waals surface area (Å²) in [6.45, 7) is 3.78. The lowest BCUT2D eigenvalue weighted by Gasteiger charge is -1.99. The maximum absolute atomic E-state index is 5.23. The van der Waals surface area contributed by atoms with Crippen molar-refractivity contribution in [2.24, 2.45) is 0 Å².